The SMILES string of the molecule is CC(C)(C)c1cnc(Cl)cc1C#N. The average molecular weight is 195 g/mol. The molecular weight excluding hydrogens is 184 g/mol. The van der Waals surface area contributed by atoms with Crippen molar-refractivity contribution < 1.29 is 0 Å². The highest BCUT2D eigenvalue weighted by atomic mass is 35.5. The molecule has 68 valence electrons. The minimum Gasteiger partial charge on any atom is -0.244 e. The predicted molar refractivity (Wildman–Crippen MR) is 52.7 cm³/mol. The summed E-state index contributed by atoms with van der Waals surface area (Å²) in [6.45, 7) is 6.12. The van der Waals surface area contributed by atoms with E-state index in [1.807, 2.05) is 20.8 Å². The fourth-order valence-electron chi connectivity index (χ4n) is 1.12. The van der Waals surface area contributed by atoms with E-state index in [0.717, 1.165) is 5.56 Å². The largest absolute Gasteiger partial charge is 0.244 e. The van der Waals surface area contributed by atoms with Gasteiger partial charge in [-0.3, -0.25) is 0 Å². The van der Waals surface area contributed by atoms with Crippen LogP contribution in [0.25, 0.3) is 0 Å². The van der Waals surface area contributed by atoms with E-state index in [1.165, 1.54) is 0 Å². The third-order valence-corrected chi connectivity index (χ3v) is 2.01. The maximum Gasteiger partial charge on any atom is 0.130 e. The highest BCUT2D eigenvalue weighted by Crippen LogP contribution is 2.25. The maximum atomic E-state index is 8.87. The van der Waals surface area contributed by atoms with Crippen LogP contribution in [0.5, 0.6) is 0 Å². The van der Waals surface area contributed by atoms with Gasteiger partial charge in [0.2, 0.25) is 0 Å². The van der Waals surface area contributed by atoms with E-state index < -0.39 is 0 Å². The maximum absolute atomic E-state index is 8.87. The summed E-state index contributed by atoms with van der Waals surface area (Å²) in [4.78, 5) is 3.97. The van der Waals surface area contributed by atoms with Crippen molar-refractivity contribution in [2.45, 2.75) is 26.2 Å². The zero-order chi connectivity index (χ0) is 10.1. The van der Waals surface area contributed by atoms with Crippen LogP contribution in [0, 0.1) is 11.3 Å². The molecule has 0 amide bonds. The van der Waals surface area contributed by atoms with Crippen molar-refractivity contribution in [2.75, 3.05) is 0 Å². The third-order valence-electron chi connectivity index (χ3n) is 1.80. The van der Waals surface area contributed by atoms with Crippen LogP contribution in [-0.2, 0) is 5.41 Å². The summed E-state index contributed by atoms with van der Waals surface area (Å²) in [5.74, 6) is 0. The Morgan fingerprint density at radius 3 is 2.54 bits per heavy atom. The van der Waals surface area contributed by atoms with Crippen LogP contribution in [0.4, 0.5) is 0 Å². The van der Waals surface area contributed by atoms with Crippen LogP contribution in [-0.4, -0.2) is 4.98 Å². The second-order valence-electron chi connectivity index (χ2n) is 3.91. The Bertz CT molecular complexity index is 358. The van der Waals surface area contributed by atoms with E-state index in [1.54, 1.807) is 12.3 Å². The Morgan fingerprint density at radius 2 is 2.08 bits per heavy atom. The molecule has 0 bridgehead atoms. The van der Waals surface area contributed by atoms with Gasteiger partial charge in [-0.2, -0.15) is 5.26 Å². The van der Waals surface area contributed by atoms with Gasteiger partial charge in [0, 0.05) is 6.20 Å². The predicted octanol–water partition coefficient (Wildman–Crippen LogP) is 2.90. The molecule has 0 aliphatic carbocycles. The number of nitriles is 1. The lowest BCUT2D eigenvalue weighted by molar-refractivity contribution is 0.585. The first-order valence-electron chi connectivity index (χ1n) is 4.01. The molecule has 1 aromatic rings. The lowest BCUT2D eigenvalue weighted by atomic mass is 9.85. The molecule has 0 aromatic carbocycles. The smallest absolute Gasteiger partial charge is 0.130 e. The van der Waals surface area contributed by atoms with Crippen molar-refractivity contribution in [3.05, 3.63) is 28.5 Å². The molecule has 0 saturated heterocycles. The fraction of sp³-hybridized carbons (Fsp3) is 0.400. The van der Waals surface area contributed by atoms with Crippen LogP contribution in [0.15, 0.2) is 12.3 Å². The molecule has 0 fully saturated rings. The number of halogens is 1. The van der Waals surface area contributed by atoms with Crippen LogP contribution in [0.1, 0.15) is 31.9 Å². The Morgan fingerprint density at radius 1 is 1.46 bits per heavy atom. The molecule has 1 heterocycles. The molecule has 0 N–H and O–H groups in total. The number of aromatic nitrogens is 1. The van der Waals surface area contributed by atoms with Gasteiger partial charge in [0.15, 0.2) is 0 Å². The number of hydrogen-bond acceptors (Lipinski definition) is 2. The standard InChI is InChI=1S/C10H11ClN2/c1-10(2,3)8-6-13-9(11)4-7(8)5-12/h4,6H,1-3H3. The van der Waals surface area contributed by atoms with Crippen molar-refractivity contribution in [1.29, 1.82) is 5.26 Å². The molecule has 1 rings (SSSR count). The Balaban J connectivity index is 3.32. The van der Waals surface area contributed by atoms with Gasteiger partial charge < -0.3 is 0 Å². The molecule has 1 aromatic heterocycles. The summed E-state index contributed by atoms with van der Waals surface area (Å²) in [7, 11) is 0. The molecule has 0 atom stereocenters. The zero-order valence-corrected chi connectivity index (χ0v) is 8.68. The first-order chi connectivity index (χ1) is 5.95. The summed E-state index contributed by atoms with van der Waals surface area (Å²) >= 11 is 5.68. The van der Waals surface area contributed by atoms with Gasteiger partial charge >= 0.3 is 0 Å². The Kier molecular flexibility index (Phi) is 2.58. The number of rotatable bonds is 0. The highest BCUT2D eigenvalue weighted by Gasteiger charge is 2.18. The van der Waals surface area contributed by atoms with Crippen LogP contribution in [0.3, 0.4) is 0 Å². The Labute approximate surface area is 83.2 Å². The molecule has 13 heavy (non-hydrogen) atoms. The first kappa shape index (κ1) is 10.0. The second-order valence-corrected chi connectivity index (χ2v) is 4.30. The summed E-state index contributed by atoms with van der Waals surface area (Å²) in [5, 5.41) is 9.24. The molecule has 0 saturated carbocycles. The lowest BCUT2D eigenvalue weighted by Gasteiger charge is -2.19. The van der Waals surface area contributed by atoms with Crippen LogP contribution >= 0.6 is 11.6 Å². The van der Waals surface area contributed by atoms with Gasteiger partial charge in [-0.05, 0) is 17.0 Å². The minimum atomic E-state index is -0.0668. The molecule has 0 aliphatic heterocycles. The van der Waals surface area contributed by atoms with Crippen LogP contribution in [0.2, 0.25) is 5.15 Å². The average Bonchev–Trinajstić information content (AvgIpc) is 2.01. The van der Waals surface area contributed by atoms with Crippen molar-refractivity contribution in [1.82, 2.24) is 4.98 Å². The lowest BCUT2D eigenvalue weighted by Crippen LogP contribution is -2.13. The molecule has 0 aliphatic rings. The van der Waals surface area contributed by atoms with E-state index in [0.29, 0.717) is 10.7 Å². The summed E-state index contributed by atoms with van der Waals surface area (Å²) in [5.41, 5.74) is 1.47. The van der Waals surface area contributed by atoms with Crippen molar-refractivity contribution in [3.63, 3.8) is 0 Å². The fourth-order valence-corrected chi connectivity index (χ4v) is 1.28. The van der Waals surface area contributed by atoms with Gasteiger partial charge in [0.25, 0.3) is 0 Å². The highest BCUT2D eigenvalue weighted by molar-refractivity contribution is 6.29. The second kappa shape index (κ2) is 3.35. The monoisotopic (exact) mass is 194 g/mol. The van der Waals surface area contributed by atoms with Crippen molar-refractivity contribution in [3.8, 4) is 6.07 Å². The number of pyridine rings is 1. The summed E-state index contributed by atoms with van der Waals surface area (Å²) in [6.07, 6.45) is 1.67. The topological polar surface area (TPSA) is 36.7 Å². The van der Waals surface area contributed by atoms with E-state index in [-0.39, 0.29) is 5.41 Å². The molecule has 3 heteroatoms. The van der Waals surface area contributed by atoms with Crippen LogP contribution < -0.4 is 0 Å². The summed E-state index contributed by atoms with van der Waals surface area (Å²) < 4.78 is 0. The number of hydrogen-bond donors (Lipinski definition) is 0. The van der Waals surface area contributed by atoms with Gasteiger partial charge in [-0.25, -0.2) is 4.98 Å². The van der Waals surface area contributed by atoms with Gasteiger partial charge in [0.05, 0.1) is 11.6 Å². The van der Waals surface area contributed by atoms with Crippen molar-refractivity contribution in [2.24, 2.45) is 0 Å². The van der Waals surface area contributed by atoms with E-state index in [9.17, 15) is 0 Å². The van der Waals surface area contributed by atoms with Crippen molar-refractivity contribution >= 4 is 11.6 Å². The van der Waals surface area contributed by atoms with Gasteiger partial charge in [0.1, 0.15) is 5.15 Å². The van der Waals surface area contributed by atoms with E-state index >= 15 is 0 Å². The summed E-state index contributed by atoms with van der Waals surface area (Å²) in [6, 6.07) is 3.72. The van der Waals surface area contributed by atoms with E-state index in [2.05, 4.69) is 11.1 Å². The normalized spacial score (nSPS) is 11.0. The molecule has 0 unspecified atom stereocenters. The van der Waals surface area contributed by atoms with E-state index in [4.69, 9.17) is 16.9 Å². The van der Waals surface area contributed by atoms with Gasteiger partial charge in [-0.1, -0.05) is 32.4 Å². The quantitative estimate of drug-likeness (QED) is 0.596. The third kappa shape index (κ3) is 2.19. The zero-order valence-electron chi connectivity index (χ0n) is 7.93. The molecule has 2 nitrogen and oxygen atoms in total. The number of nitrogens with zero attached hydrogens (tertiary/aromatic N) is 2. The van der Waals surface area contributed by atoms with Gasteiger partial charge in [-0.15, -0.1) is 0 Å². The minimum absolute atomic E-state index is 0.0668. The first-order valence-corrected chi connectivity index (χ1v) is 4.39. The molecular formula is C10H11ClN2. The Hall–Kier alpha value is -1.07. The molecule has 0 spiro atoms. The molecule has 0 radical (unpaired) electrons.